The minimum atomic E-state index is -0.807. The van der Waals surface area contributed by atoms with Crippen molar-refractivity contribution in [3.8, 4) is 0 Å². The third kappa shape index (κ3) is 2.13. The average molecular weight is 251 g/mol. The van der Waals surface area contributed by atoms with Gasteiger partial charge in [0, 0.05) is 24.4 Å². The summed E-state index contributed by atoms with van der Waals surface area (Å²) in [7, 11) is 3.48. The second-order valence-corrected chi connectivity index (χ2v) is 4.27. The summed E-state index contributed by atoms with van der Waals surface area (Å²) in [6.45, 7) is 1.54. The Kier molecular flexibility index (Phi) is 3.43. The molecular weight excluding hydrogens is 236 g/mol. The van der Waals surface area contributed by atoms with Crippen LogP contribution in [0.4, 0.5) is 8.78 Å². The highest BCUT2D eigenvalue weighted by atomic mass is 19.2. The van der Waals surface area contributed by atoms with Crippen molar-refractivity contribution in [3.63, 3.8) is 0 Å². The number of hydrogen-bond donors (Lipinski definition) is 1. The fourth-order valence-electron chi connectivity index (χ4n) is 1.97. The van der Waals surface area contributed by atoms with Crippen LogP contribution >= 0.6 is 0 Å². The Morgan fingerprint density at radius 3 is 2.56 bits per heavy atom. The molecule has 2 aromatic rings. The van der Waals surface area contributed by atoms with E-state index in [9.17, 15) is 8.78 Å². The molecule has 0 aliphatic heterocycles. The Bertz CT molecular complexity index is 563. The van der Waals surface area contributed by atoms with Crippen LogP contribution in [0.3, 0.4) is 0 Å². The normalized spacial score (nSPS) is 12.7. The number of aryl methyl sites for hydroxylation is 2. The maximum absolute atomic E-state index is 13.9. The van der Waals surface area contributed by atoms with Gasteiger partial charge in [-0.15, -0.1) is 0 Å². The summed E-state index contributed by atoms with van der Waals surface area (Å²) in [5.41, 5.74) is 1.38. The van der Waals surface area contributed by atoms with Crippen molar-refractivity contribution in [1.29, 1.82) is 0 Å². The molecule has 0 saturated carbocycles. The zero-order chi connectivity index (χ0) is 13.3. The number of nitrogens with zero attached hydrogens (tertiary/aromatic N) is 2. The van der Waals surface area contributed by atoms with Gasteiger partial charge in [0.05, 0.1) is 12.2 Å². The quantitative estimate of drug-likeness (QED) is 0.907. The molecule has 0 radical (unpaired) electrons. The predicted octanol–water partition coefficient (Wildman–Crippen LogP) is 2.32. The van der Waals surface area contributed by atoms with Crippen LogP contribution in [0.5, 0.6) is 0 Å². The standard InChI is InChI=1S/C13H15F2N3/c1-8-4-5-10(12(15)11(8)14)13(16-2)9-6-17-18(3)7-9/h4-7,13,16H,1-3H3. The lowest BCUT2D eigenvalue weighted by atomic mass is 9.99. The van der Waals surface area contributed by atoms with E-state index >= 15 is 0 Å². The Balaban J connectivity index is 2.49. The number of aromatic nitrogens is 2. The van der Waals surface area contributed by atoms with Crippen LogP contribution in [0.25, 0.3) is 0 Å². The van der Waals surface area contributed by atoms with Gasteiger partial charge in [-0.25, -0.2) is 8.78 Å². The van der Waals surface area contributed by atoms with Gasteiger partial charge in [-0.1, -0.05) is 12.1 Å². The molecule has 1 unspecified atom stereocenters. The van der Waals surface area contributed by atoms with E-state index in [2.05, 4.69) is 10.4 Å². The zero-order valence-electron chi connectivity index (χ0n) is 10.5. The average Bonchev–Trinajstić information content (AvgIpc) is 2.77. The van der Waals surface area contributed by atoms with E-state index in [0.717, 1.165) is 5.56 Å². The van der Waals surface area contributed by atoms with Crippen LogP contribution in [0.2, 0.25) is 0 Å². The maximum Gasteiger partial charge on any atom is 0.164 e. The summed E-state index contributed by atoms with van der Waals surface area (Å²) in [6.07, 6.45) is 3.41. The van der Waals surface area contributed by atoms with Gasteiger partial charge in [0.1, 0.15) is 0 Å². The molecule has 96 valence electrons. The maximum atomic E-state index is 13.9. The fourth-order valence-corrected chi connectivity index (χ4v) is 1.97. The lowest BCUT2D eigenvalue weighted by Crippen LogP contribution is -2.19. The molecule has 1 aromatic carbocycles. The molecule has 0 saturated heterocycles. The minimum Gasteiger partial charge on any atom is -0.309 e. The number of halogens is 2. The highest BCUT2D eigenvalue weighted by Crippen LogP contribution is 2.26. The Morgan fingerprint density at radius 1 is 1.28 bits per heavy atom. The molecule has 0 bridgehead atoms. The molecule has 1 aromatic heterocycles. The van der Waals surface area contributed by atoms with Gasteiger partial charge in [-0.2, -0.15) is 5.10 Å². The van der Waals surface area contributed by atoms with Crippen LogP contribution in [0, 0.1) is 18.6 Å². The molecule has 3 nitrogen and oxygen atoms in total. The first-order valence-corrected chi connectivity index (χ1v) is 5.65. The Hall–Kier alpha value is -1.75. The van der Waals surface area contributed by atoms with Crippen LogP contribution < -0.4 is 5.32 Å². The van der Waals surface area contributed by atoms with Crippen LogP contribution in [0.1, 0.15) is 22.7 Å². The van der Waals surface area contributed by atoms with Crippen molar-refractivity contribution in [2.75, 3.05) is 7.05 Å². The van der Waals surface area contributed by atoms with Crippen molar-refractivity contribution < 1.29 is 8.78 Å². The van der Waals surface area contributed by atoms with Crippen molar-refractivity contribution in [2.24, 2.45) is 7.05 Å². The van der Waals surface area contributed by atoms with Gasteiger partial charge in [0.15, 0.2) is 11.6 Å². The molecule has 0 spiro atoms. The van der Waals surface area contributed by atoms with Gasteiger partial charge in [0.2, 0.25) is 0 Å². The Morgan fingerprint density at radius 2 is 2.00 bits per heavy atom. The van der Waals surface area contributed by atoms with Crippen molar-refractivity contribution >= 4 is 0 Å². The summed E-state index contributed by atoms with van der Waals surface area (Å²) >= 11 is 0. The lowest BCUT2D eigenvalue weighted by Gasteiger charge is -2.16. The number of nitrogens with one attached hydrogen (secondary N) is 1. The van der Waals surface area contributed by atoms with E-state index in [1.54, 1.807) is 50.2 Å². The van der Waals surface area contributed by atoms with Crippen LogP contribution in [-0.2, 0) is 7.05 Å². The van der Waals surface area contributed by atoms with Gasteiger partial charge in [0.25, 0.3) is 0 Å². The monoisotopic (exact) mass is 251 g/mol. The van der Waals surface area contributed by atoms with E-state index < -0.39 is 17.7 Å². The highest BCUT2D eigenvalue weighted by Gasteiger charge is 2.20. The van der Waals surface area contributed by atoms with E-state index in [1.165, 1.54) is 0 Å². The highest BCUT2D eigenvalue weighted by molar-refractivity contribution is 5.33. The van der Waals surface area contributed by atoms with Crippen molar-refractivity contribution in [2.45, 2.75) is 13.0 Å². The van der Waals surface area contributed by atoms with Crippen LogP contribution in [0.15, 0.2) is 24.5 Å². The second kappa shape index (κ2) is 4.86. The molecule has 18 heavy (non-hydrogen) atoms. The summed E-state index contributed by atoms with van der Waals surface area (Å²) in [5, 5.41) is 7.02. The van der Waals surface area contributed by atoms with Crippen molar-refractivity contribution in [3.05, 3.63) is 52.9 Å². The molecule has 1 atom stereocenters. The third-order valence-corrected chi connectivity index (χ3v) is 2.96. The van der Waals surface area contributed by atoms with Crippen molar-refractivity contribution in [1.82, 2.24) is 15.1 Å². The summed E-state index contributed by atoms with van der Waals surface area (Å²) in [6, 6.07) is 2.77. The molecule has 0 aliphatic carbocycles. The van der Waals surface area contributed by atoms with Crippen LogP contribution in [-0.4, -0.2) is 16.8 Å². The number of benzene rings is 1. The van der Waals surface area contributed by atoms with Gasteiger partial charge < -0.3 is 5.32 Å². The predicted molar refractivity (Wildman–Crippen MR) is 65.2 cm³/mol. The van der Waals surface area contributed by atoms with E-state index in [-0.39, 0.29) is 5.56 Å². The lowest BCUT2D eigenvalue weighted by molar-refractivity contribution is 0.482. The van der Waals surface area contributed by atoms with Gasteiger partial charge in [-0.05, 0) is 19.5 Å². The summed E-state index contributed by atoms with van der Waals surface area (Å²) in [5.74, 6) is -1.60. The smallest absolute Gasteiger partial charge is 0.164 e. The zero-order valence-corrected chi connectivity index (χ0v) is 10.5. The largest absolute Gasteiger partial charge is 0.309 e. The molecule has 5 heteroatoms. The van der Waals surface area contributed by atoms with E-state index in [1.807, 2.05) is 0 Å². The minimum absolute atomic E-state index is 0.286. The number of hydrogen-bond acceptors (Lipinski definition) is 2. The molecule has 1 heterocycles. The van der Waals surface area contributed by atoms with E-state index in [0.29, 0.717) is 5.56 Å². The SMILES string of the molecule is CNC(c1cnn(C)c1)c1ccc(C)c(F)c1F. The number of rotatable bonds is 3. The van der Waals surface area contributed by atoms with Gasteiger partial charge in [-0.3, -0.25) is 4.68 Å². The topological polar surface area (TPSA) is 29.9 Å². The summed E-state index contributed by atoms with van der Waals surface area (Å²) < 4.78 is 29.2. The first kappa shape index (κ1) is 12.7. The third-order valence-electron chi connectivity index (χ3n) is 2.96. The first-order chi connectivity index (χ1) is 8.54. The molecule has 2 rings (SSSR count). The summed E-state index contributed by atoms with van der Waals surface area (Å²) in [4.78, 5) is 0. The molecular formula is C13H15F2N3. The Labute approximate surface area is 104 Å². The molecule has 1 N–H and O–H groups in total. The second-order valence-electron chi connectivity index (χ2n) is 4.27. The van der Waals surface area contributed by atoms with E-state index in [4.69, 9.17) is 0 Å². The molecule has 0 amide bonds. The fraction of sp³-hybridized carbons (Fsp3) is 0.308. The molecule has 0 aliphatic rings. The van der Waals surface area contributed by atoms with Gasteiger partial charge >= 0.3 is 0 Å². The first-order valence-electron chi connectivity index (χ1n) is 5.65. The molecule has 0 fully saturated rings.